The molecule has 0 unspecified atom stereocenters. The first kappa shape index (κ1) is 19.3. The summed E-state index contributed by atoms with van der Waals surface area (Å²) in [7, 11) is 0. The Morgan fingerprint density at radius 1 is 1.00 bits per heavy atom. The van der Waals surface area contributed by atoms with E-state index in [-0.39, 0.29) is 17.9 Å². The number of hydrogen-bond acceptors (Lipinski definition) is 4. The Labute approximate surface area is 173 Å². The van der Waals surface area contributed by atoms with Gasteiger partial charge in [-0.3, -0.25) is 14.6 Å². The van der Waals surface area contributed by atoms with E-state index in [0.29, 0.717) is 28.8 Å². The minimum atomic E-state index is -0.191. The number of aryl methyl sites for hydroxylation is 1. The number of anilines is 1. The standard InChI is InChI=1S/C24H20N4O2/c29-23(14-13-22-27-21-10-2-1-9-20(21)24(30)28-22)26-19-8-5-6-17(16-19)11-12-18-7-3-4-15-25-18/h1-12,15-16H,13-14H2,(H,26,29)(H,27,28,30)/b12-11+. The molecule has 2 N–H and O–H groups in total. The third kappa shape index (κ3) is 4.86. The molecule has 0 saturated heterocycles. The molecule has 0 aliphatic heterocycles. The normalized spacial score (nSPS) is 11.1. The number of hydrogen-bond donors (Lipinski definition) is 2. The van der Waals surface area contributed by atoms with Gasteiger partial charge in [-0.05, 0) is 48.0 Å². The first-order valence-electron chi connectivity index (χ1n) is 9.64. The van der Waals surface area contributed by atoms with Crippen LogP contribution in [0.25, 0.3) is 23.1 Å². The van der Waals surface area contributed by atoms with Crippen molar-refractivity contribution in [3.05, 3.63) is 100 Å². The molecule has 30 heavy (non-hydrogen) atoms. The molecule has 0 fully saturated rings. The van der Waals surface area contributed by atoms with Crippen molar-refractivity contribution in [1.29, 1.82) is 0 Å². The second-order valence-electron chi connectivity index (χ2n) is 6.79. The van der Waals surface area contributed by atoms with E-state index in [1.807, 2.05) is 60.7 Å². The molecule has 0 bridgehead atoms. The molecule has 1 amide bonds. The lowest BCUT2D eigenvalue weighted by Crippen LogP contribution is -2.16. The van der Waals surface area contributed by atoms with Crippen LogP contribution in [0.4, 0.5) is 5.69 Å². The predicted molar refractivity (Wildman–Crippen MR) is 119 cm³/mol. The maximum absolute atomic E-state index is 12.4. The maximum Gasteiger partial charge on any atom is 0.258 e. The van der Waals surface area contributed by atoms with Gasteiger partial charge < -0.3 is 10.3 Å². The van der Waals surface area contributed by atoms with Gasteiger partial charge in [-0.2, -0.15) is 0 Å². The molecule has 2 aromatic heterocycles. The molecular formula is C24H20N4O2. The van der Waals surface area contributed by atoms with Crippen molar-refractivity contribution < 1.29 is 4.79 Å². The first-order chi connectivity index (χ1) is 14.7. The molecule has 0 atom stereocenters. The number of carbonyl (C=O) groups excluding carboxylic acids is 1. The number of aromatic nitrogens is 3. The van der Waals surface area contributed by atoms with Crippen molar-refractivity contribution >= 4 is 34.6 Å². The molecule has 2 aromatic carbocycles. The van der Waals surface area contributed by atoms with Crippen molar-refractivity contribution in [3.63, 3.8) is 0 Å². The summed E-state index contributed by atoms with van der Waals surface area (Å²) < 4.78 is 0. The highest BCUT2D eigenvalue weighted by molar-refractivity contribution is 5.91. The third-order valence-corrected chi connectivity index (χ3v) is 4.56. The van der Waals surface area contributed by atoms with E-state index in [1.54, 1.807) is 24.4 Å². The molecule has 0 saturated carbocycles. The Morgan fingerprint density at radius 3 is 2.73 bits per heavy atom. The largest absolute Gasteiger partial charge is 0.326 e. The average molecular weight is 396 g/mol. The lowest BCUT2D eigenvalue weighted by Gasteiger charge is -2.06. The quantitative estimate of drug-likeness (QED) is 0.514. The third-order valence-electron chi connectivity index (χ3n) is 4.56. The van der Waals surface area contributed by atoms with Crippen LogP contribution in [0.15, 0.2) is 77.7 Å². The van der Waals surface area contributed by atoms with E-state index >= 15 is 0 Å². The average Bonchev–Trinajstić information content (AvgIpc) is 2.77. The molecule has 0 radical (unpaired) electrons. The van der Waals surface area contributed by atoms with Crippen LogP contribution in [0.5, 0.6) is 0 Å². The van der Waals surface area contributed by atoms with Gasteiger partial charge in [0.15, 0.2) is 0 Å². The van der Waals surface area contributed by atoms with E-state index in [4.69, 9.17) is 0 Å². The minimum Gasteiger partial charge on any atom is -0.326 e. The fourth-order valence-electron chi connectivity index (χ4n) is 3.08. The van der Waals surface area contributed by atoms with E-state index in [9.17, 15) is 9.59 Å². The summed E-state index contributed by atoms with van der Waals surface area (Å²) in [5.41, 5.74) is 2.97. The van der Waals surface area contributed by atoms with Crippen LogP contribution in [0, 0.1) is 0 Å². The zero-order valence-corrected chi connectivity index (χ0v) is 16.2. The molecule has 0 aliphatic rings. The molecule has 148 valence electrons. The van der Waals surface area contributed by atoms with Crippen molar-refractivity contribution in [1.82, 2.24) is 15.0 Å². The van der Waals surface area contributed by atoms with Crippen LogP contribution >= 0.6 is 0 Å². The highest BCUT2D eigenvalue weighted by Crippen LogP contribution is 2.14. The Hall–Kier alpha value is -4.06. The van der Waals surface area contributed by atoms with Gasteiger partial charge in [0, 0.05) is 24.7 Å². The topological polar surface area (TPSA) is 87.7 Å². The number of carbonyl (C=O) groups is 1. The van der Waals surface area contributed by atoms with Gasteiger partial charge in [-0.1, -0.05) is 36.4 Å². The van der Waals surface area contributed by atoms with E-state index in [2.05, 4.69) is 20.3 Å². The second kappa shape index (κ2) is 8.96. The van der Waals surface area contributed by atoms with Crippen LogP contribution in [0.3, 0.4) is 0 Å². The predicted octanol–water partition coefficient (Wildman–Crippen LogP) is 4.06. The summed E-state index contributed by atoms with van der Waals surface area (Å²) in [4.78, 5) is 35.9. The van der Waals surface area contributed by atoms with Gasteiger partial charge in [0.05, 0.1) is 16.6 Å². The number of rotatable bonds is 6. The second-order valence-corrected chi connectivity index (χ2v) is 6.79. The fourth-order valence-corrected chi connectivity index (χ4v) is 3.08. The Balaban J connectivity index is 1.38. The number of para-hydroxylation sites is 1. The molecule has 6 nitrogen and oxygen atoms in total. The van der Waals surface area contributed by atoms with Crippen molar-refractivity contribution in [3.8, 4) is 0 Å². The number of H-pyrrole nitrogens is 1. The Kier molecular flexibility index (Phi) is 5.75. The first-order valence-corrected chi connectivity index (χ1v) is 9.64. The van der Waals surface area contributed by atoms with Gasteiger partial charge in [-0.15, -0.1) is 0 Å². The summed E-state index contributed by atoms with van der Waals surface area (Å²) in [5.74, 6) is 0.359. The number of benzene rings is 2. The number of pyridine rings is 1. The lowest BCUT2D eigenvalue weighted by molar-refractivity contribution is -0.116. The molecule has 6 heteroatoms. The van der Waals surface area contributed by atoms with Gasteiger partial charge in [0.1, 0.15) is 5.82 Å². The molecule has 2 heterocycles. The lowest BCUT2D eigenvalue weighted by atomic mass is 10.1. The summed E-state index contributed by atoms with van der Waals surface area (Å²) >= 11 is 0. The van der Waals surface area contributed by atoms with Gasteiger partial charge in [-0.25, -0.2) is 4.98 Å². The Bertz CT molecular complexity index is 1260. The zero-order chi connectivity index (χ0) is 20.8. The summed E-state index contributed by atoms with van der Waals surface area (Å²) in [6, 6.07) is 20.5. The number of aromatic amines is 1. The zero-order valence-electron chi connectivity index (χ0n) is 16.2. The number of fused-ring (bicyclic) bond motifs is 1. The molecule has 0 spiro atoms. The van der Waals surface area contributed by atoms with E-state index in [1.165, 1.54) is 0 Å². The number of nitrogens with zero attached hydrogens (tertiary/aromatic N) is 2. The molecule has 4 aromatic rings. The number of nitrogens with one attached hydrogen (secondary N) is 2. The van der Waals surface area contributed by atoms with Crippen LogP contribution in [0.1, 0.15) is 23.5 Å². The van der Waals surface area contributed by atoms with Crippen LogP contribution in [0.2, 0.25) is 0 Å². The van der Waals surface area contributed by atoms with Crippen molar-refractivity contribution in [2.75, 3.05) is 5.32 Å². The van der Waals surface area contributed by atoms with Gasteiger partial charge in [0.2, 0.25) is 5.91 Å². The molecular weight excluding hydrogens is 376 g/mol. The minimum absolute atomic E-state index is 0.142. The highest BCUT2D eigenvalue weighted by Gasteiger charge is 2.07. The van der Waals surface area contributed by atoms with Crippen LogP contribution in [-0.2, 0) is 11.2 Å². The summed E-state index contributed by atoms with van der Waals surface area (Å²) in [6.45, 7) is 0. The van der Waals surface area contributed by atoms with E-state index < -0.39 is 0 Å². The molecule has 0 aliphatic carbocycles. The summed E-state index contributed by atoms with van der Waals surface area (Å²) in [5, 5.41) is 3.44. The van der Waals surface area contributed by atoms with Gasteiger partial charge >= 0.3 is 0 Å². The monoisotopic (exact) mass is 396 g/mol. The van der Waals surface area contributed by atoms with E-state index in [0.717, 1.165) is 11.3 Å². The van der Waals surface area contributed by atoms with Gasteiger partial charge in [0.25, 0.3) is 5.56 Å². The molecule has 4 rings (SSSR count). The summed E-state index contributed by atoms with van der Waals surface area (Å²) in [6.07, 6.45) is 6.18. The fraction of sp³-hybridized carbons (Fsp3) is 0.0833. The number of amides is 1. The SMILES string of the molecule is O=C(CCc1nc2ccccc2c(=O)[nH]1)Nc1cccc(/C=C/c2ccccn2)c1. The van der Waals surface area contributed by atoms with Crippen LogP contribution < -0.4 is 10.9 Å². The van der Waals surface area contributed by atoms with Crippen LogP contribution in [-0.4, -0.2) is 20.9 Å². The highest BCUT2D eigenvalue weighted by atomic mass is 16.1. The Morgan fingerprint density at radius 2 is 1.87 bits per heavy atom. The van der Waals surface area contributed by atoms with Crippen molar-refractivity contribution in [2.45, 2.75) is 12.8 Å². The maximum atomic E-state index is 12.4. The van der Waals surface area contributed by atoms with Crippen molar-refractivity contribution in [2.24, 2.45) is 0 Å². The smallest absolute Gasteiger partial charge is 0.258 e.